The van der Waals surface area contributed by atoms with Crippen molar-refractivity contribution < 1.29 is 9.18 Å². The van der Waals surface area contributed by atoms with Crippen molar-refractivity contribution >= 4 is 16.9 Å². The molecule has 0 heterocycles. The monoisotopic (exact) mass is 470 g/mol. The first-order chi connectivity index (χ1) is 17.0. The predicted octanol–water partition coefficient (Wildman–Crippen LogP) is 6.66. The lowest BCUT2D eigenvalue weighted by Gasteiger charge is -1.97. The van der Waals surface area contributed by atoms with Crippen LogP contribution in [-0.4, -0.2) is 5.12 Å². The van der Waals surface area contributed by atoms with Crippen LogP contribution in [0.15, 0.2) is 102 Å². The SMILES string of the molecule is CC(=O)Sc1ccc(C#Cc2ccc(C#Cc3ccc(C#Cc4ccccc4)cc3)c(F)c2)cc1. The quantitative estimate of drug-likeness (QED) is 0.228. The molecule has 4 aromatic rings. The van der Waals surface area contributed by atoms with Crippen LogP contribution >= 0.6 is 11.8 Å². The van der Waals surface area contributed by atoms with E-state index in [1.807, 2.05) is 78.9 Å². The van der Waals surface area contributed by atoms with E-state index >= 15 is 0 Å². The van der Waals surface area contributed by atoms with Crippen LogP contribution in [0.5, 0.6) is 0 Å². The first kappa shape index (κ1) is 23.7. The van der Waals surface area contributed by atoms with Gasteiger partial charge in [-0.05, 0) is 78.9 Å². The Hall–Kier alpha value is -4.49. The third-order valence-electron chi connectivity index (χ3n) is 4.79. The van der Waals surface area contributed by atoms with Gasteiger partial charge in [0.2, 0.25) is 0 Å². The Labute approximate surface area is 209 Å². The zero-order chi connectivity index (χ0) is 24.5. The summed E-state index contributed by atoms with van der Waals surface area (Å²) in [4.78, 5) is 12.0. The van der Waals surface area contributed by atoms with E-state index in [4.69, 9.17) is 0 Å². The van der Waals surface area contributed by atoms with Gasteiger partial charge in [0, 0.05) is 39.6 Å². The fourth-order valence-electron chi connectivity index (χ4n) is 3.05. The largest absolute Gasteiger partial charge is 0.287 e. The molecule has 0 unspecified atom stereocenters. The number of rotatable bonds is 1. The van der Waals surface area contributed by atoms with Crippen LogP contribution in [0.3, 0.4) is 0 Å². The normalized spacial score (nSPS) is 9.54. The van der Waals surface area contributed by atoms with E-state index in [9.17, 15) is 9.18 Å². The van der Waals surface area contributed by atoms with Crippen molar-refractivity contribution in [3.05, 3.63) is 136 Å². The number of hydrogen-bond acceptors (Lipinski definition) is 2. The lowest BCUT2D eigenvalue weighted by Crippen LogP contribution is -1.86. The molecule has 0 saturated carbocycles. The van der Waals surface area contributed by atoms with Crippen LogP contribution in [0, 0.1) is 41.3 Å². The number of hydrogen-bond donors (Lipinski definition) is 0. The topological polar surface area (TPSA) is 17.1 Å². The molecule has 0 saturated heterocycles. The van der Waals surface area contributed by atoms with Crippen molar-refractivity contribution in [1.82, 2.24) is 0 Å². The Balaban J connectivity index is 1.42. The summed E-state index contributed by atoms with van der Waals surface area (Å²) in [5, 5.41) is 0.0349. The Morgan fingerprint density at radius 3 is 1.60 bits per heavy atom. The van der Waals surface area contributed by atoms with Crippen LogP contribution in [0.1, 0.15) is 40.3 Å². The average molecular weight is 471 g/mol. The molecule has 1 nitrogen and oxygen atoms in total. The van der Waals surface area contributed by atoms with E-state index in [1.54, 1.807) is 12.1 Å². The zero-order valence-electron chi connectivity index (χ0n) is 18.9. The Bertz CT molecular complexity index is 1530. The van der Waals surface area contributed by atoms with Crippen molar-refractivity contribution in [1.29, 1.82) is 0 Å². The zero-order valence-corrected chi connectivity index (χ0v) is 19.7. The fraction of sp³-hybridized carbons (Fsp3) is 0.0312. The van der Waals surface area contributed by atoms with E-state index in [0.29, 0.717) is 11.1 Å². The first-order valence-corrected chi connectivity index (χ1v) is 11.7. The molecule has 0 fully saturated rings. The summed E-state index contributed by atoms with van der Waals surface area (Å²) in [6.07, 6.45) is 0. The van der Waals surface area contributed by atoms with Crippen LogP contribution in [0.25, 0.3) is 0 Å². The van der Waals surface area contributed by atoms with Crippen LogP contribution in [0.4, 0.5) is 4.39 Å². The van der Waals surface area contributed by atoms with Gasteiger partial charge in [0.15, 0.2) is 5.12 Å². The third-order valence-corrected chi connectivity index (χ3v) is 5.58. The summed E-state index contributed by atoms with van der Waals surface area (Å²) < 4.78 is 14.6. The Morgan fingerprint density at radius 1 is 0.600 bits per heavy atom. The maximum absolute atomic E-state index is 14.6. The molecule has 166 valence electrons. The highest BCUT2D eigenvalue weighted by Gasteiger charge is 2.01. The minimum absolute atomic E-state index is 0.0349. The van der Waals surface area contributed by atoms with Gasteiger partial charge in [0.25, 0.3) is 0 Å². The van der Waals surface area contributed by atoms with E-state index in [-0.39, 0.29) is 5.12 Å². The van der Waals surface area contributed by atoms with Gasteiger partial charge >= 0.3 is 0 Å². The highest BCUT2D eigenvalue weighted by atomic mass is 32.2. The van der Waals surface area contributed by atoms with Gasteiger partial charge in [-0.3, -0.25) is 4.79 Å². The lowest BCUT2D eigenvalue weighted by molar-refractivity contribution is -0.109. The Morgan fingerprint density at radius 2 is 1.06 bits per heavy atom. The maximum Gasteiger partial charge on any atom is 0.190 e. The molecular formula is C32H19FOS. The summed E-state index contributed by atoms with van der Waals surface area (Å²) >= 11 is 1.17. The molecule has 0 N–H and O–H groups in total. The number of benzene rings is 4. The molecule has 4 aromatic carbocycles. The highest BCUT2D eigenvalue weighted by Crippen LogP contribution is 2.18. The summed E-state index contributed by atoms with van der Waals surface area (Å²) in [6, 6.07) is 29.5. The minimum Gasteiger partial charge on any atom is -0.287 e. The van der Waals surface area contributed by atoms with Gasteiger partial charge in [-0.2, -0.15) is 0 Å². The van der Waals surface area contributed by atoms with Gasteiger partial charge in [0.1, 0.15) is 5.82 Å². The molecule has 35 heavy (non-hydrogen) atoms. The second kappa shape index (κ2) is 11.6. The van der Waals surface area contributed by atoms with Crippen molar-refractivity contribution in [3.8, 4) is 35.5 Å². The molecule has 0 aliphatic heterocycles. The molecule has 0 atom stereocenters. The molecule has 3 heteroatoms. The minimum atomic E-state index is -0.414. The first-order valence-electron chi connectivity index (χ1n) is 10.8. The molecule has 0 spiro atoms. The molecule has 0 aliphatic rings. The number of thioether (sulfide) groups is 1. The molecule has 0 aliphatic carbocycles. The molecule has 0 aromatic heterocycles. The summed E-state index contributed by atoms with van der Waals surface area (Å²) in [6.45, 7) is 1.53. The predicted molar refractivity (Wildman–Crippen MR) is 140 cm³/mol. The van der Waals surface area contributed by atoms with E-state index in [1.165, 1.54) is 24.8 Å². The van der Waals surface area contributed by atoms with Crippen LogP contribution < -0.4 is 0 Å². The maximum atomic E-state index is 14.6. The number of carbonyl (C=O) groups excluding carboxylic acids is 1. The second-order valence-corrected chi connectivity index (χ2v) is 8.76. The van der Waals surface area contributed by atoms with Crippen LogP contribution in [-0.2, 0) is 4.79 Å². The van der Waals surface area contributed by atoms with Gasteiger partial charge in [-0.25, -0.2) is 4.39 Å². The molecule has 0 amide bonds. The standard InChI is InChI=1S/C32H19FOS/c1-24(34)35-31-21-17-28(18-22-31)13-14-29-16-20-30(32(33)23-29)19-15-27-11-9-26(10-12-27)8-7-25-5-3-2-4-6-25/h2-6,9-12,16-18,20-23H,1H3. The number of carbonyl (C=O) groups is 1. The summed E-state index contributed by atoms with van der Waals surface area (Å²) in [5.41, 5.74) is 4.30. The number of halogens is 1. The lowest BCUT2D eigenvalue weighted by atomic mass is 10.1. The van der Waals surface area contributed by atoms with Gasteiger partial charge < -0.3 is 0 Å². The van der Waals surface area contributed by atoms with E-state index in [2.05, 4.69) is 35.5 Å². The average Bonchev–Trinajstić information content (AvgIpc) is 2.87. The van der Waals surface area contributed by atoms with Gasteiger partial charge in [-0.1, -0.05) is 65.5 Å². The molecule has 0 radical (unpaired) electrons. The van der Waals surface area contributed by atoms with Crippen molar-refractivity contribution in [3.63, 3.8) is 0 Å². The Kier molecular flexibility index (Phi) is 7.83. The molecular weight excluding hydrogens is 451 g/mol. The van der Waals surface area contributed by atoms with Crippen molar-refractivity contribution in [2.75, 3.05) is 0 Å². The molecule has 4 rings (SSSR count). The van der Waals surface area contributed by atoms with E-state index in [0.717, 1.165) is 27.1 Å². The van der Waals surface area contributed by atoms with Crippen LogP contribution in [0.2, 0.25) is 0 Å². The van der Waals surface area contributed by atoms with Gasteiger partial charge in [-0.15, -0.1) is 0 Å². The van der Waals surface area contributed by atoms with Crippen molar-refractivity contribution in [2.45, 2.75) is 11.8 Å². The summed E-state index contributed by atoms with van der Waals surface area (Å²) in [5.74, 6) is 17.7. The van der Waals surface area contributed by atoms with Crippen molar-refractivity contribution in [2.24, 2.45) is 0 Å². The second-order valence-electron chi connectivity index (χ2n) is 7.51. The summed E-state index contributed by atoms with van der Waals surface area (Å²) in [7, 11) is 0. The third kappa shape index (κ3) is 7.25. The van der Waals surface area contributed by atoms with Gasteiger partial charge in [0.05, 0.1) is 5.56 Å². The highest BCUT2D eigenvalue weighted by molar-refractivity contribution is 8.13. The molecule has 0 bridgehead atoms. The van der Waals surface area contributed by atoms with E-state index < -0.39 is 5.82 Å². The smallest absolute Gasteiger partial charge is 0.190 e. The fourth-order valence-corrected chi connectivity index (χ4v) is 3.66.